The van der Waals surface area contributed by atoms with E-state index in [4.69, 9.17) is 4.74 Å². The quantitative estimate of drug-likeness (QED) is 0.352. The van der Waals surface area contributed by atoms with Gasteiger partial charge in [0.05, 0.1) is 23.5 Å². The molecule has 2 heterocycles. The standard InChI is InChI=1S/C23H22F4N4O2S/c1-14(21(32)28-18-10-6-16(7-11-18)23(25,26)27)34-22-30-29-20(15-4-8-17(24)9-5-15)31(22)13-19-3-2-12-33-19/h4-11,14,19H,2-3,12-13H2,1H3,(H,28,32). The maximum Gasteiger partial charge on any atom is 0.416 e. The van der Waals surface area contributed by atoms with Gasteiger partial charge in [-0.25, -0.2) is 4.39 Å². The van der Waals surface area contributed by atoms with Gasteiger partial charge in [0.25, 0.3) is 0 Å². The third kappa shape index (κ3) is 5.76. The van der Waals surface area contributed by atoms with E-state index >= 15 is 0 Å². The van der Waals surface area contributed by atoms with E-state index in [0.717, 1.165) is 25.0 Å². The lowest BCUT2D eigenvalue weighted by atomic mass is 10.2. The second kappa shape index (κ2) is 10.1. The Balaban J connectivity index is 1.50. The molecule has 1 N–H and O–H groups in total. The topological polar surface area (TPSA) is 69.0 Å². The number of carbonyl (C=O) groups excluding carboxylic acids is 1. The average molecular weight is 495 g/mol. The number of ether oxygens (including phenoxy) is 1. The molecule has 1 saturated heterocycles. The van der Waals surface area contributed by atoms with Crippen LogP contribution in [0.2, 0.25) is 0 Å². The first-order chi connectivity index (χ1) is 16.2. The van der Waals surface area contributed by atoms with Crippen molar-refractivity contribution in [1.29, 1.82) is 0 Å². The van der Waals surface area contributed by atoms with Crippen molar-refractivity contribution in [1.82, 2.24) is 14.8 Å². The fourth-order valence-corrected chi connectivity index (χ4v) is 4.40. The van der Waals surface area contributed by atoms with E-state index in [1.54, 1.807) is 19.1 Å². The van der Waals surface area contributed by atoms with Crippen LogP contribution >= 0.6 is 11.8 Å². The molecule has 0 aliphatic carbocycles. The minimum Gasteiger partial charge on any atom is -0.376 e. The Morgan fingerprint density at radius 3 is 2.50 bits per heavy atom. The monoisotopic (exact) mass is 494 g/mol. The van der Waals surface area contributed by atoms with Gasteiger partial charge in [-0.1, -0.05) is 11.8 Å². The van der Waals surface area contributed by atoms with Crippen molar-refractivity contribution in [3.63, 3.8) is 0 Å². The largest absolute Gasteiger partial charge is 0.416 e. The minimum atomic E-state index is -4.44. The summed E-state index contributed by atoms with van der Waals surface area (Å²) in [6.45, 7) is 2.83. The summed E-state index contributed by atoms with van der Waals surface area (Å²) in [5, 5.41) is 11.0. The molecule has 2 unspecified atom stereocenters. The zero-order chi connectivity index (χ0) is 24.3. The van der Waals surface area contributed by atoms with Crippen molar-refractivity contribution in [2.45, 2.75) is 49.0 Å². The van der Waals surface area contributed by atoms with Crippen molar-refractivity contribution < 1.29 is 27.1 Å². The Kier molecular flexibility index (Phi) is 7.22. The third-order valence-corrected chi connectivity index (χ3v) is 6.44. The Hall–Kier alpha value is -2.92. The Bertz CT molecular complexity index is 1130. The van der Waals surface area contributed by atoms with Crippen LogP contribution in [0, 0.1) is 5.82 Å². The second-order valence-electron chi connectivity index (χ2n) is 7.88. The number of aromatic nitrogens is 3. The van der Waals surface area contributed by atoms with Crippen molar-refractivity contribution in [2.75, 3.05) is 11.9 Å². The van der Waals surface area contributed by atoms with Crippen LogP contribution in [0.25, 0.3) is 11.4 Å². The molecule has 2 atom stereocenters. The first-order valence-electron chi connectivity index (χ1n) is 10.7. The van der Waals surface area contributed by atoms with Gasteiger partial charge in [0, 0.05) is 17.9 Å². The number of hydrogen-bond acceptors (Lipinski definition) is 5. The zero-order valence-corrected chi connectivity index (χ0v) is 19.0. The van der Waals surface area contributed by atoms with Gasteiger partial charge < -0.3 is 10.1 Å². The van der Waals surface area contributed by atoms with Crippen molar-refractivity contribution >= 4 is 23.4 Å². The normalized spacial score (nSPS) is 17.0. The molecule has 1 amide bonds. The second-order valence-corrected chi connectivity index (χ2v) is 9.19. The number of anilines is 1. The lowest BCUT2D eigenvalue weighted by Crippen LogP contribution is -2.23. The van der Waals surface area contributed by atoms with Gasteiger partial charge in [0.2, 0.25) is 5.91 Å². The first-order valence-corrected chi connectivity index (χ1v) is 11.5. The SMILES string of the molecule is CC(Sc1nnc(-c2ccc(F)cc2)n1CC1CCCO1)C(=O)Nc1ccc(C(F)(F)F)cc1. The van der Waals surface area contributed by atoms with E-state index in [1.807, 2.05) is 4.57 Å². The molecule has 1 aromatic heterocycles. The van der Waals surface area contributed by atoms with E-state index in [-0.39, 0.29) is 23.5 Å². The maximum absolute atomic E-state index is 13.4. The highest BCUT2D eigenvalue weighted by Crippen LogP contribution is 2.31. The van der Waals surface area contributed by atoms with Crippen LogP contribution in [0.1, 0.15) is 25.3 Å². The number of nitrogens with zero attached hydrogens (tertiary/aromatic N) is 3. The fraction of sp³-hybridized carbons (Fsp3) is 0.348. The van der Waals surface area contributed by atoms with E-state index < -0.39 is 17.0 Å². The van der Waals surface area contributed by atoms with Crippen LogP contribution in [-0.2, 0) is 22.3 Å². The summed E-state index contributed by atoms with van der Waals surface area (Å²) in [6.07, 6.45) is -2.63. The highest BCUT2D eigenvalue weighted by molar-refractivity contribution is 8.00. The average Bonchev–Trinajstić information content (AvgIpc) is 3.45. The van der Waals surface area contributed by atoms with E-state index in [9.17, 15) is 22.4 Å². The van der Waals surface area contributed by atoms with Gasteiger partial charge in [-0.15, -0.1) is 10.2 Å². The number of hydrogen-bond donors (Lipinski definition) is 1. The molecule has 1 aliphatic heterocycles. The molecule has 0 bridgehead atoms. The molecule has 1 fully saturated rings. The van der Waals surface area contributed by atoms with E-state index in [2.05, 4.69) is 15.5 Å². The summed E-state index contributed by atoms with van der Waals surface area (Å²) in [6, 6.07) is 10.2. The highest BCUT2D eigenvalue weighted by Gasteiger charge is 2.30. The van der Waals surface area contributed by atoms with E-state index in [0.29, 0.717) is 29.7 Å². The van der Waals surface area contributed by atoms with Crippen LogP contribution in [0.5, 0.6) is 0 Å². The molecule has 180 valence electrons. The predicted octanol–water partition coefficient (Wildman–Crippen LogP) is 5.40. The number of rotatable bonds is 7. The van der Waals surface area contributed by atoms with Gasteiger partial charge in [0.15, 0.2) is 11.0 Å². The Morgan fingerprint density at radius 2 is 1.88 bits per heavy atom. The Labute approximate surface area is 197 Å². The number of alkyl halides is 3. The first kappa shape index (κ1) is 24.2. The molecular formula is C23H22F4N4O2S. The van der Waals surface area contributed by atoms with Gasteiger partial charge in [-0.2, -0.15) is 13.2 Å². The van der Waals surface area contributed by atoms with Crippen molar-refractivity contribution in [3.05, 3.63) is 59.9 Å². The van der Waals surface area contributed by atoms with Crippen molar-refractivity contribution in [3.8, 4) is 11.4 Å². The van der Waals surface area contributed by atoms with Crippen LogP contribution in [0.3, 0.4) is 0 Å². The summed E-state index contributed by atoms with van der Waals surface area (Å²) in [4.78, 5) is 12.7. The van der Waals surface area contributed by atoms with Gasteiger partial charge >= 0.3 is 6.18 Å². The van der Waals surface area contributed by atoms with Gasteiger partial charge in [0.1, 0.15) is 5.82 Å². The van der Waals surface area contributed by atoms with Crippen LogP contribution in [-0.4, -0.2) is 38.6 Å². The zero-order valence-electron chi connectivity index (χ0n) is 18.2. The molecule has 4 rings (SSSR count). The maximum atomic E-state index is 13.4. The molecule has 6 nitrogen and oxygen atoms in total. The number of thioether (sulfide) groups is 1. The van der Waals surface area contributed by atoms with Crippen molar-refractivity contribution in [2.24, 2.45) is 0 Å². The molecule has 34 heavy (non-hydrogen) atoms. The third-order valence-electron chi connectivity index (χ3n) is 5.36. The molecule has 0 saturated carbocycles. The fourth-order valence-electron chi connectivity index (χ4n) is 3.54. The summed E-state index contributed by atoms with van der Waals surface area (Å²) in [5.41, 5.74) is 0.155. The van der Waals surface area contributed by atoms with Gasteiger partial charge in [-0.05, 0) is 68.3 Å². The number of nitrogens with one attached hydrogen (secondary N) is 1. The number of halogens is 4. The molecule has 0 radical (unpaired) electrons. The number of amides is 1. The highest BCUT2D eigenvalue weighted by atomic mass is 32.2. The summed E-state index contributed by atoms with van der Waals surface area (Å²) < 4.78 is 59.2. The Morgan fingerprint density at radius 1 is 1.18 bits per heavy atom. The summed E-state index contributed by atoms with van der Waals surface area (Å²) in [7, 11) is 0. The van der Waals surface area contributed by atoms with Gasteiger partial charge in [-0.3, -0.25) is 9.36 Å². The summed E-state index contributed by atoms with van der Waals surface area (Å²) in [5.74, 6) is -0.217. The number of benzene rings is 2. The number of carbonyl (C=O) groups is 1. The lowest BCUT2D eigenvalue weighted by molar-refractivity contribution is -0.137. The molecule has 11 heteroatoms. The van der Waals surface area contributed by atoms with Crippen LogP contribution in [0.15, 0.2) is 53.7 Å². The molecule has 1 aliphatic rings. The van der Waals surface area contributed by atoms with Crippen LogP contribution < -0.4 is 5.32 Å². The summed E-state index contributed by atoms with van der Waals surface area (Å²) >= 11 is 1.17. The predicted molar refractivity (Wildman–Crippen MR) is 120 cm³/mol. The van der Waals surface area contributed by atoms with E-state index in [1.165, 1.54) is 36.0 Å². The molecular weight excluding hydrogens is 472 g/mol. The molecule has 0 spiro atoms. The molecule has 2 aromatic carbocycles. The molecule has 3 aromatic rings. The lowest BCUT2D eigenvalue weighted by Gasteiger charge is -2.16. The van der Waals surface area contributed by atoms with Crippen LogP contribution in [0.4, 0.5) is 23.2 Å². The minimum absolute atomic E-state index is 0.0224. The smallest absolute Gasteiger partial charge is 0.376 e.